The van der Waals surface area contributed by atoms with Crippen molar-refractivity contribution in [3.05, 3.63) is 90.0 Å². The van der Waals surface area contributed by atoms with E-state index in [4.69, 9.17) is 0 Å². The Labute approximate surface area is 132 Å². The minimum absolute atomic E-state index is 0.930. The smallest absolute Gasteiger partial charge is 0.234 e. The summed E-state index contributed by atoms with van der Waals surface area (Å²) in [5.74, 6) is 1.37. The fourth-order valence-corrected chi connectivity index (χ4v) is 2.85. The van der Waals surface area contributed by atoms with Crippen LogP contribution >= 0.6 is 0 Å². The van der Waals surface area contributed by atoms with Crippen LogP contribution in [0.15, 0.2) is 73.1 Å². The number of benzene rings is 2. The van der Waals surface area contributed by atoms with E-state index in [0.717, 1.165) is 25.9 Å². The molecule has 1 heterocycles. The molecule has 0 aliphatic rings. The van der Waals surface area contributed by atoms with Crippen LogP contribution in [0.1, 0.15) is 30.3 Å². The van der Waals surface area contributed by atoms with Gasteiger partial charge in [-0.1, -0.05) is 67.6 Å². The fourth-order valence-electron chi connectivity index (χ4n) is 2.85. The third kappa shape index (κ3) is 3.45. The van der Waals surface area contributed by atoms with E-state index in [1.54, 1.807) is 0 Å². The first-order valence-electron chi connectivity index (χ1n) is 8.02. The summed E-state index contributed by atoms with van der Waals surface area (Å²) in [6, 6.07) is 21.4. The summed E-state index contributed by atoms with van der Waals surface area (Å²) in [4.78, 5) is 0. The lowest BCUT2D eigenvalue weighted by Gasteiger charge is -2.05. The molecule has 2 aromatic carbocycles. The van der Waals surface area contributed by atoms with E-state index in [2.05, 4.69) is 89.1 Å². The second-order valence-corrected chi connectivity index (χ2v) is 5.68. The van der Waals surface area contributed by atoms with E-state index in [1.165, 1.54) is 17.0 Å². The highest BCUT2D eigenvalue weighted by Gasteiger charge is 2.17. The van der Waals surface area contributed by atoms with Crippen molar-refractivity contribution >= 4 is 0 Å². The minimum atomic E-state index is 0.930. The molecule has 1 aromatic heterocycles. The Balaban J connectivity index is 1.89. The Bertz CT molecular complexity index is 699. The highest BCUT2D eigenvalue weighted by Crippen LogP contribution is 2.10. The van der Waals surface area contributed by atoms with Crippen molar-refractivity contribution in [1.82, 2.24) is 4.57 Å². The van der Waals surface area contributed by atoms with Gasteiger partial charge in [-0.3, -0.25) is 0 Å². The van der Waals surface area contributed by atoms with E-state index in [-0.39, 0.29) is 0 Å². The molecular weight excluding hydrogens is 268 g/mol. The first kappa shape index (κ1) is 14.6. The lowest BCUT2D eigenvalue weighted by Crippen LogP contribution is -2.37. The van der Waals surface area contributed by atoms with E-state index >= 15 is 0 Å². The Morgan fingerprint density at radius 3 is 2.14 bits per heavy atom. The molecule has 0 atom stereocenters. The molecule has 0 amide bonds. The molecule has 0 aliphatic heterocycles. The maximum atomic E-state index is 2.38. The molecule has 0 saturated heterocycles. The summed E-state index contributed by atoms with van der Waals surface area (Å²) in [6.45, 7) is 4.23. The van der Waals surface area contributed by atoms with Gasteiger partial charge >= 0.3 is 0 Å². The quantitative estimate of drug-likeness (QED) is 0.610. The molecule has 3 aromatic rings. The third-order valence-corrected chi connectivity index (χ3v) is 3.95. The summed E-state index contributed by atoms with van der Waals surface area (Å²) < 4.78 is 4.76. The van der Waals surface area contributed by atoms with Crippen molar-refractivity contribution in [2.45, 2.75) is 32.9 Å². The summed E-state index contributed by atoms with van der Waals surface area (Å²) >= 11 is 0. The van der Waals surface area contributed by atoms with Crippen LogP contribution < -0.4 is 4.57 Å². The van der Waals surface area contributed by atoms with Crippen molar-refractivity contribution in [3.8, 4) is 0 Å². The molecule has 2 nitrogen and oxygen atoms in total. The summed E-state index contributed by atoms with van der Waals surface area (Å²) in [5.41, 5.74) is 2.71. The molecule has 0 unspecified atom stereocenters. The van der Waals surface area contributed by atoms with Crippen LogP contribution in [-0.4, -0.2) is 4.57 Å². The number of aromatic nitrogens is 2. The van der Waals surface area contributed by atoms with E-state index in [9.17, 15) is 0 Å². The number of rotatable bonds is 6. The van der Waals surface area contributed by atoms with Gasteiger partial charge in [0.1, 0.15) is 18.9 Å². The topological polar surface area (TPSA) is 8.81 Å². The van der Waals surface area contributed by atoms with Gasteiger partial charge in [0.15, 0.2) is 0 Å². The maximum absolute atomic E-state index is 2.38. The predicted octanol–water partition coefficient (Wildman–Crippen LogP) is 3.82. The van der Waals surface area contributed by atoms with Gasteiger partial charge in [0.25, 0.3) is 5.82 Å². The summed E-state index contributed by atoms with van der Waals surface area (Å²) in [5, 5.41) is 0. The molecule has 0 saturated carbocycles. The number of hydrogen-bond donors (Lipinski definition) is 0. The van der Waals surface area contributed by atoms with Crippen LogP contribution in [0.4, 0.5) is 0 Å². The average molecular weight is 291 g/mol. The highest BCUT2D eigenvalue weighted by molar-refractivity contribution is 5.19. The Morgan fingerprint density at radius 1 is 0.864 bits per heavy atom. The van der Waals surface area contributed by atoms with Gasteiger partial charge in [0.05, 0.1) is 13.0 Å². The van der Waals surface area contributed by atoms with E-state index in [1.807, 2.05) is 0 Å². The number of aryl methyl sites for hydroxylation is 1. The molecule has 0 bridgehead atoms. The molecule has 2 heteroatoms. The molecular formula is C20H23N2+. The van der Waals surface area contributed by atoms with Gasteiger partial charge in [-0.05, 0) is 17.5 Å². The zero-order valence-electron chi connectivity index (χ0n) is 13.2. The number of nitrogens with zero attached hydrogens (tertiary/aromatic N) is 2. The molecule has 22 heavy (non-hydrogen) atoms. The van der Waals surface area contributed by atoms with Crippen LogP contribution in [0.2, 0.25) is 0 Å². The normalized spacial score (nSPS) is 10.8. The van der Waals surface area contributed by atoms with Gasteiger partial charge in [0, 0.05) is 0 Å². The number of imidazole rings is 1. The van der Waals surface area contributed by atoms with Gasteiger partial charge in [-0.2, -0.15) is 0 Å². The first-order valence-corrected chi connectivity index (χ1v) is 8.02. The SMILES string of the molecule is CCC[n+]1ccn(Cc2ccccc2)c1Cc1ccccc1. The van der Waals surface area contributed by atoms with Crippen LogP contribution in [0.5, 0.6) is 0 Å². The predicted molar refractivity (Wildman–Crippen MR) is 89.7 cm³/mol. The van der Waals surface area contributed by atoms with Crippen molar-refractivity contribution in [3.63, 3.8) is 0 Å². The monoisotopic (exact) mass is 291 g/mol. The minimum Gasteiger partial charge on any atom is -0.234 e. The highest BCUT2D eigenvalue weighted by atomic mass is 15.1. The average Bonchev–Trinajstić information content (AvgIpc) is 2.92. The van der Waals surface area contributed by atoms with E-state index in [0.29, 0.717) is 0 Å². The third-order valence-electron chi connectivity index (χ3n) is 3.95. The Hall–Kier alpha value is -2.35. The lowest BCUT2D eigenvalue weighted by atomic mass is 10.1. The second-order valence-electron chi connectivity index (χ2n) is 5.68. The van der Waals surface area contributed by atoms with Crippen molar-refractivity contribution in [1.29, 1.82) is 0 Å². The van der Waals surface area contributed by atoms with Gasteiger partial charge in [-0.15, -0.1) is 0 Å². The van der Waals surface area contributed by atoms with Gasteiger partial charge < -0.3 is 0 Å². The fraction of sp³-hybridized carbons (Fsp3) is 0.250. The second kappa shape index (κ2) is 7.08. The molecule has 0 fully saturated rings. The summed E-state index contributed by atoms with van der Waals surface area (Å²) in [6.07, 6.45) is 6.55. The van der Waals surface area contributed by atoms with Crippen molar-refractivity contribution in [2.24, 2.45) is 0 Å². The lowest BCUT2D eigenvalue weighted by molar-refractivity contribution is -0.703. The largest absolute Gasteiger partial charge is 0.261 e. The Kier molecular flexibility index (Phi) is 4.69. The van der Waals surface area contributed by atoms with Gasteiger partial charge in [0.2, 0.25) is 0 Å². The Morgan fingerprint density at radius 2 is 1.50 bits per heavy atom. The molecule has 3 rings (SSSR count). The molecule has 0 spiro atoms. The van der Waals surface area contributed by atoms with Crippen molar-refractivity contribution in [2.75, 3.05) is 0 Å². The van der Waals surface area contributed by atoms with Crippen LogP contribution in [0, 0.1) is 0 Å². The molecule has 0 radical (unpaired) electrons. The van der Waals surface area contributed by atoms with Gasteiger partial charge in [-0.25, -0.2) is 9.13 Å². The zero-order valence-corrected chi connectivity index (χ0v) is 13.2. The standard InChI is InChI=1S/C20H23N2/c1-2-13-21-14-15-22(17-19-11-7-4-8-12-19)20(21)16-18-9-5-3-6-10-18/h3-12,14-15H,2,13,16-17H2,1H3/q+1. The molecule has 0 N–H and O–H groups in total. The van der Waals surface area contributed by atoms with E-state index < -0.39 is 0 Å². The van der Waals surface area contributed by atoms with Crippen LogP contribution in [-0.2, 0) is 19.5 Å². The van der Waals surface area contributed by atoms with Crippen LogP contribution in [0.3, 0.4) is 0 Å². The summed E-state index contributed by atoms with van der Waals surface area (Å²) in [7, 11) is 0. The zero-order chi connectivity index (χ0) is 15.2. The van der Waals surface area contributed by atoms with Crippen LogP contribution in [0.25, 0.3) is 0 Å². The molecule has 112 valence electrons. The number of hydrogen-bond acceptors (Lipinski definition) is 0. The maximum Gasteiger partial charge on any atom is 0.261 e. The van der Waals surface area contributed by atoms with Crippen molar-refractivity contribution < 1.29 is 4.57 Å². The molecule has 0 aliphatic carbocycles. The first-order chi connectivity index (χ1) is 10.9.